The van der Waals surface area contributed by atoms with E-state index >= 15 is 0 Å². The Morgan fingerprint density at radius 1 is 0.848 bits per heavy atom. The van der Waals surface area contributed by atoms with Crippen molar-refractivity contribution >= 4 is 29.0 Å². The van der Waals surface area contributed by atoms with Crippen molar-refractivity contribution in [1.82, 2.24) is 0 Å². The molecule has 0 fully saturated rings. The van der Waals surface area contributed by atoms with Gasteiger partial charge in [-0.2, -0.15) is 0 Å². The molecule has 1 aliphatic heterocycles. The number of hydrogen-bond acceptors (Lipinski definition) is 5. The molecule has 1 atom stereocenters. The molecule has 4 rings (SSSR count). The fraction of sp³-hybridized carbons (Fsp3) is 0.125. The third-order valence-corrected chi connectivity index (χ3v) is 5.88. The van der Waals surface area contributed by atoms with Crippen molar-refractivity contribution < 1.29 is 38.0 Å². The number of hydrogen-bond donors (Lipinski definition) is 0. The van der Waals surface area contributed by atoms with Gasteiger partial charge in [0.15, 0.2) is 0 Å². The molecule has 6 nitrogen and oxygen atoms in total. The molecular formula is C24H19Cl3O6. The molecule has 3 aromatic rings. The molecule has 0 N–H and O–H groups in total. The van der Waals surface area contributed by atoms with Crippen LogP contribution in [0.1, 0.15) is 27.5 Å². The minimum atomic E-state index is -4.94. The second-order valence-corrected chi connectivity index (χ2v) is 8.66. The van der Waals surface area contributed by atoms with Crippen LogP contribution in [0.5, 0.6) is 5.75 Å². The summed E-state index contributed by atoms with van der Waals surface area (Å²) >= 11 is 12.3. The van der Waals surface area contributed by atoms with Crippen LogP contribution in [0.25, 0.3) is 0 Å². The number of ketones is 1. The number of carbonyl (C=O) groups excluding carboxylic acids is 1. The van der Waals surface area contributed by atoms with Gasteiger partial charge in [-0.15, -0.1) is 10.2 Å². The van der Waals surface area contributed by atoms with E-state index in [0.717, 1.165) is 22.7 Å². The van der Waals surface area contributed by atoms with Crippen LogP contribution in [0, 0.1) is 10.2 Å². The predicted octanol–water partition coefficient (Wildman–Crippen LogP) is 1.87. The van der Waals surface area contributed by atoms with Crippen molar-refractivity contribution in [3.05, 3.63) is 112 Å². The fourth-order valence-electron chi connectivity index (χ4n) is 3.61. The van der Waals surface area contributed by atoms with Gasteiger partial charge in [0.1, 0.15) is 5.75 Å². The second-order valence-electron chi connectivity index (χ2n) is 7.09. The quantitative estimate of drug-likeness (QED) is 0.498. The van der Waals surface area contributed by atoms with Crippen molar-refractivity contribution in [2.24, 2.45) is 0 Å². The van der Waals surface area contributed by atoms with Crippen LogP contribution in [-0.2, 0) is 5.41 Å². The largest absolute Gasteiger partial charge is 0.497 e. The highest BCUT2D eigenvalue weighted by Gasteiger charge is 2.41. The Hall–Kier alpha value is -2.42. The van der Waals surface area contributed by atoms with Crippen molar-refractivity contribution in [2.45, 2.75) is 11.8 Å². The Morgan fingerprint density at radius 2 is 1.45 bits per heavy atom. The van der Waals surface area contributed by atoms with E-state index in [1.54, 1.807) is 19.4 Å². The van der Waals surface area contributed by atoms with E-state index in [9.17, 15) is 0 Å². The van der Waals surface area contributed by atoms with Gasteiger partial charge in [0, 0.05) is 6.08 Å². The van der Waals surface area contributed by atoms with Gasteiger partial charge in [-0.25, -0.2) is 23.1 Å². The number of halogens is 3. The Kier molecular flexibility index (Phi) is 8.15. The SMILES string of the molecule is COc1ccc(C2(c3ccccc3)C=C[O+]=C(c3ccc(Cl)c(Cl)c3)C2)cc1.[O-][Cl+3]([O-])([O-])[O-]. The number of benzene rings is 3. The highest BCUT2D eigenvalue weighted by atomic mass is 35.7. The number of allylic oxidation sites excluding steroid dienone is 1. The summed E-state index contributed by atoms with van der Waals surface area (Å²) < 4.78 is 45.2. The first-order valence-corrected chi connectivity index (χ1v) is 11.6. The van der Waals surface area contributed by atoms with Crippen molar-refractivity contribution in [3.63, 3.8) is 0 Å². The zero-order chi connectivity index (χ0) is 24.1. The van der Waals surface area contributed by atoms with E-state index in [-0.39, 0.29) is 5.41 Å². The molecule has 1 heterocycles. The predicted molar refractivity (Wildman–Crippen MR) is 115 cm³/mol. The summed E-state index contributed by atoms with van der Waals surface area (Å²) in [4.78, 5) is 0. The molecular weight excluding hydrogens is 491 g/mol. The van der Waals surface area contributed by atoms with Crippen molar-refractivity contribution in [3.8, 4) is 5.75 Å². The summed E-state index contributed by atoms with van der Waals surface area (Å²) in [6.07, 6.45) is 4.54. The van der Waals surface area contributed by atoms with Gasteiger partial charge in [0.25, 0.3) is 0 Å². The normalized spacial score (nSPS) is 17.6. The lowest BCUT2D eigenvalue weighted by Crippen LogP contribution is -2.68. The molecule has 0 saturated heterocycles. The van der Waals surface area contributed by atoms with Crippen LogP contribution >= 0.6 is 23.2 Å². The number of methoxy groups -OCH3 is 1. The molecule has 0 bridgehead atoms. The molecule has 0 saturated carbocycles. The lowest BCUT2D eigenvalue weighted by Gasteiger charge is -2.30. The second kappa shape index (κ2) is 10.7. The minimum absolute atomic E-state index is 0.354. The summed E-state index contributed by atoms with van der Waals surface area (Å²) in [5, 5.41) is 1.04. The summed E-state index contributed by atoms with van der Waals surface area (Å²) in [6, 6.07) is 24.2. The average molecular weight is 510 g/mol. The molecule has 9 heteroatoms. The van der Waals surface area contributed by atoms with E-state index < -0.39 is 10.2 Å². The summed E-state index contributed by atoms with van der Waals surface area (Å²) in [6.45, 7) is 0. The Bertz CT molecular complexity index is 1140. The van der Waals surface area contributed by atoms with Crippen LogP contribution in [0.15, 0.2) is 85.1 Å². The highest BCUT2D eigenvalue weighted by Crippen LogP contribution is 2.41. The number of ether oxygens (including phenoxy) is 1. The highest BCUT2D eigenvalue weighted by molar-refractivity contribution is 6.42. The van der Waals surface area contributed by atoms with E-state index in [4.69, 9.17) is 51.0 Å². The lowest BCUT2D eigenvalue weighted by molar-refractivity contribution is -2.00. The van der Waals surface area contributed by atoms with Gasteiger partial charge in [0.05, 0.1) is 34.6 Å². The van der Waals surface area contributed by atoms with Gasteiger partial charge in [-0.05, 0) is 41.5 Å². The molecule has 0 amide bonds. The maximum absolute atomic E-state index is 8.49. The van der Waals surface area contributed by atoms with Crippen LogP contribution in [-0.4, -0.2) is 12.9 Å². The summed E-state index contributed by atoms with van der Waals surface area (Å²) in [5.41, 5.74) is 2.93. The first-order valence-electron chi connectivity index (χ1n) is 9.60. The van der Waals surface area contributed by atoms with Gasteiger partial charge in [0.2, 0.25) is 0 Å². The van der Waals surface area contributed by atoms with Crippen molar-refractivity contribution in [1.29, 1.82) is 0 Å². The van der Waals surface area contributed by atoms with Crippen LogP contribution in [0.2, 0.25) is 10.0 Å². The van der Waals surface area contributed by atoms with E-state index in [1.165, 1.54) is 5.56 Å². The van der Waals surface area contributed by atoms with Crippen LogP contribution in [0.4, 0.5) is 0 Å². The molecule has 0 aromatic heterocycles. The Morgan fingerprint density at radius 3 is 2.03 bits per heavy atom. The monoisotopic (exact) mass is 508 g/mol. The van der Waals surface area contributed by atoms with E-state index in [0.29, 0.717) is 16.5 Å². The zero-order valence-corrected chi connectivity index (χ0v) is 19.6. The summed E-state index contributed by atoms with van der Waals surface area (Å²) in [5.74, 6) is 1.68. The molecule has 0 radical (unpaired) electrons. The maximum atomic E-state index is 8.49. The molecule has 1 aliphatic rings. The van der Waals surface area contributed by atoms with Gasteiger partial charge >= 0.3 is 12.0 Å². The van der Waals surface area contributed by atoms with Crippen molar-refractivity contribution in [2.75, 3.05) is 7.11 Å². The average Bonchev–Trinajstić information content (AvgIpc) is 2.80. The lowest BCUT2D eigenvalue weighted by atomic mass is 9.70. The van der Waals surface area contributed by atoms with Crippen LogP contribution < -0.4 is 23.4 Å². The Labute approximate surface area is 203 Å². The minimum Gasteiger partial charge on any atom is -0.497 e. The molecule has 33 heavy (non-hydrogen) atoms. The molecule has 0 aliphatic carbocycles. The number of rotatable bonds is 4. The molecule has 1 unspecified atom stereocenters. The summed E-state index contributed by atoms with van der Waals surface area (Å²) in [7, 11) is -3.27. The van der Waals surface area contributed by atoms with E-state index in [2.05, 4.69) is 42.5 Å². The Balaban J connectivity index is 0.000000555. The maximum Gasteiger partial charge on any atom is 0.337 e. The first-order chi connectivity index (χ1) is 15.6. The topological polar surface area (TPSA) is 113 Å². The van der Waals surface area contributed by atoms with Gasteiger partial charge in [-0.1, -0.05) is 65.7 Å². The third-order valence-electron chi connectivity index (χ3n) is 5.14. The standard InChI is InChI=1S/C24H19Cl2O2.ClHO4/c1-27-20-10-8-19(9-11-20)24(18-5-3-2-4-6-18)13-14-28-23(16-24)17-7-12-21(25)22(26)15-17;2-1(3,4)5/h2-15H,16H2,1H3;(H,2,3,4,5)/q+1;/p-1. The fourth-order valence-corrected chi connectivity index (χ4v) is 3.91. The molecule has 0 spiro atoms. The van der Waals surface area contributed by atoms with Crippen LogP contribution in [0.3, 0.4) is 0 Å². The first kappa shape index (κ1) is 25.2. The van der Waals surface area contributed by atoms with Gasteiger partial charge < -0.3 is 4.74 Å². The van der Waals surface area contributed by atoms with Gasteiger partial charge in [-0.3, -0.25) is 0 Å². The zero-order valence-electron chi connectivity index (χ0n) is 17.4. The third kappa shape index (κ3) is 6.56. The molecule has 172 valence electrons. The molecule has 3 aromatic carbocycles. The smallest absolute Gasteiger partial charge is 0.337 e. The van der Waals surface area contributed by atoms with E-state index in [1.807, 2.05) is 30.3 Å².